The average molecular weight is 295 g/mol. The van der Waals surface area contributed by atoms with Gasteiger partial charge in [0.1, 0.15) is 0 Å². The largest absolute Gasteiger partial charge is 0.466 e. The summed E-state index contributed by atoms with van der Waals surface area (Å²) in [6.07, 6.45) is 2.81. The SMILES string of the molecule is COC(=O)C=C[C@H]1[C@H](C)N1S(=O)(=O)c1ccc(C)cc1. The molecule has 108 valence electrons. The molecule has 1 aliphatic rings. The molecule has 1 saturated heterocycles. The fourth-order valence-corrected chi connectivity index (χ4v) is 3.85. The molecule has 1 heterocycles. The Bertz CT molecular complexity index is 634. The Morgan fingerprint density at radius 1 is 1.30 bits per heavy atom. The lowest BCUT2D eigenvalue weighted by Gasteiger charge is -2.05. The smallest absolute Gasteiger partial charge is 0.330 e. The Kier molecular flexibility index (Phi) is 3.96. The first-order valence-corrected chi connectivity index (χ1v) is 7.68. The zero-order valence-corrected chi connectivity index (χ0v) is 12.4. The minimum atomic E-state index is -3.51. The van der Waals surface area contributed by atoms with Crippen LogP contribution in [0.2, 0.25) is 0 Å². The van der Waals surface area contributed by atoms with E-state index in [1.807, 2.05) is 6.92 Å². The lowest BCUT2D eigenvalue weighted by molar-refractivity contribution is -0.134. The number of esters is 1. The van der Waals surface area contributed by atoms with E-state index in [1.165, 1.54) is 17.5 Å². The van der Waals surface area contributed by atoms with E-state index in [2.05, 4.69) is 4.74 Å². The maximum atomic E-state index is 12.4. The Hall–Kier alpha value is -1.66. The molecule has 1 aromatic carbocycles. The third-order valence-electron chi connectivity index (χ3n) is 3.33. The molecule has 0 saturated carbocycles. The highest BCUT2D eigenvalue weighted by atomic mass is 32.2. The van der Waals surface area contributed by atoms with Crippen LogP contribution in [0.1, 0.15) is 12.5 Å². The maximum absolute atomic E-state index is 12.4. The molecule has 0 bridgehead atoms. The van der Waals surface area contributed by atoms with Crippen molar-refractivity contribution in [1.29, 1.82) is 0 Å². The average Bonchev–Trinajstić information content (AvgIpc) is 3.07. The van der Waals surface area contributed by atoms with Gasteiger partial charge in [-0.05, 0) is 26.0 Å². The molecule has 1 unspecified atom stereocenters. The number of carbonyl (C=O) groups is 1. The summed E-state index contributed by atoms with van der Waals surface area (Å²) >= 11 is 0. The van der Waals surface area contributed by atoms with Crippen LogP contribution in [0, 0.1) is 6.92 Å². The van der Waals surface area contributed by atoms with Crippen LogP contribution in [-0.2, 0) is 19.6 Å². The van der Waals surface area contributed by atoms with E-state index in [9.17, 15) is 13.2 Å². The highest BCUT2D eigenvalue weighted by Crippen LogP contribution is 2.36. The maximum Gasteiger partial charge on any atom is 0.330 e. The molecule has 20 heavy (non-hydrogen) atoms. The van der Waals surface area contributed by atoms with Crippen molar-refractivity contribution in [3.8, 4) is 0 Å². The fraction of sp³-hybridized carbons (Fsp3) is 0.357. The van der Waals surface area contributed by atoms with Gasteiger partial charge in [-0.3, -0.25) is 0 Å². The van der Waals surface area contributed by atoms with Crippen molar-refractivity contribution < 1.29 is 17.9 Å². The molecule has 0 aliphatic carbocycles. The number of hydrogen-bond acceptors (Lipinski definition) is 4. The van der Waals surface area contributed by atoms with Crippen molar-refractivity contribution in [2.75, 3.05) is 7.11 Å². The molecular weight excluding hydrogens is 278 g/mol. The molecular formula is C14H17NO4S. The van der Waals surface area contributed by atoms with Gasteiger partial charge in [-0.25, -0.2) is 13.2 Å². The Morgan fingerprint density at radius 2 is 1.90 bits per heavy atom. The summed E-state index contributed by atoms with van der Waals surface area (Å²) in [6.45, 7) is 3.70. The number of nitrogens with zero attached hydrogens (tertiary/aromatic N) is 1. The summed E-state index contributed by atoms with van der Waals surface area (Å²) in [5.74, 6) is -0.489. The quantitative estimate of drug-likeness (QED) is 0.479. The van der Waals surface area contributed by atoms with Gasteiger partial charge in [0, 0.05) is 12.1 Å². The molecule has 0 N–H and O–H groups in total. The third-order valence-corrected chi connectivity index (χ3v) is 5.33. The van der Waals surface area contributed by atoms with Crippen LogP contribution in [0.15, 0.2) is 41.3 Å². The number of rotatable bonds is 4. The summed E-state index contributed by atoms with van der Waals surface area (Å²) < 4.78 is 30.7. The predicted molar refractivity (Wildman–Crippen MR) is 74.6 cm³/mol. The van der Waals surface area contributed by atoms with Crippen molar-refractivity contribution >= 4 is 16.0 Å². The van der Waals surface area contributed by atoms with E-state index in [0.717, 1.165) is 5.56 Å². The summed E-state index contributed by atoms with van der Waals surface area (Å²) in [5.41, 5.74) is 1.00. The third kappa shape index (κ3) is 2.76. The van der Waals surface area contributed by atoms with Crippen molar-refractivity contribution in [1.82, 2.24) is 4.31 Å². The summed E-state index contributed by atoms with van der Waals surface area (Å²) in [7, 11) is -2.22. The van der Waals surface area contributed by atoms with Crippen LogP contribution < -0.4 is 0 Å². The molecule has 1 aromatic rings. The molecule has 0 radical (unpaired) electrons. The van der Waals surface area contributed by atoms with Crippen molar-refractivity contribution in [2.45, 2.75) is 30.8 Å². The molecule has 0 aromatic heterocycles. The number of carbonyl (C=O) groups excluding carboxylic acids is 1. The number of sulfonamides is 1. The Labute approximate surface area is 118 Å². The van der Waals surface area contributed by atoms with E-state index in [1.54, 1.807) is 37.3 Å². The summed E-state index contributed by atoms with van der Waals surface area (Å²) in [4.78, 5) is 11.3. The van der Waals surface area contributed by atoms with Gasteiger partial charge in [-0.15, -0.1) is 0 Å². The standard InChI is InChI=1S/C14H17NO4S/c1-10-4-6-12(7-5-10)20(17,18)15-11(2)13(15)8-9-14(16)19-3/h4-9,11,13H,1-3H3/t11-,13-,15?/m0/s1. The van der Waals surface area contributed by atoms with Crippen LogP contribution in [0.5, 0.6) is 0 Å². The van der Waals surface area contributed by atoms with E-state index >= 15 is 0 Å². The fourth-order valence-electron chi connectivity index (χ4n) is 2.05. The first-order valence-electron chi connectivity index (χ1n) is 6.24. The Morgan fingerprint density at radius 3 is 2.45 bits per heavy atom. The second kappa shape index (κ2) is 5.38. The van der Waals surface area contributed by atoms with Gasteiger partial charge in [-0.1, -0.05) is 23.8 Å². The monoisotopic (exact) mass is 295 g/mol. The van der Waals surface area contributed by atoms with Crippen molar-refractivity contribution in [3.63, 3.8) is 0 Å². The summed E-state index contributed by atoms with van der Waals surface area (Å²) in [5, 5.41) is 0. The lowest BCUT2D eigenvalue weighted by atomic mass is 10.2. The molecule has 1 aliphatic heterocycles. The van der Waals surface area contributed by atoms with E-state index in [4.69, 9.17) is 0 Å². The zero-order chi connectivity index (χ0) is 14.9. The molecule has 3 atom stereocenters. The second-order valence-corrected chi connectivity index (χ2v) is 6.60. The van der Waals surface area contributed by atoms with Crippen molar-refractivity contribution in [3.05, 3.63) is 42.0 Å². The van der Waals surface area contributed by atoms with E-state index in [-0.39, 0.29) is 17.0 Å². The predicted octanol–water partition coefficient (Wildman–Crippen LogP) is 1.49. The number of ether oxygens (including phenoxy) is 1. The number of benzene rings is 1. The van der Waals surface area contributed by atoms with Crippen LogP contribution >= 0.6 is 0 Å². The first-order chi connectivity index (χ1) is 9.37. The molecule has 0 spiro atoms. The summed E-state index contributed by atoms with van der Waals surface area (Å²) in [6, 6.07) is 6.27. The van der Waals surface area contributed by atoms with E-state index in [0.29, 0.717) is 0 Å². The highest BCUT2D eigenvalue weighted by molar-refractivity contribution is 7.89. The Balaban J connectivity index is 2.18. The van der Waals surface area contributed by atoms with Crippen LogP contribution in [0.25, 0.3) is 0 Å². The van der Waals surface area contributed by atoms with Gasteiger partial charge >= 0.3 is 5.97 Å². The van der Waals surface area contributed by atoms with Gasteiger partial charge in [0.25, 0.3) is 0 Å². The molecule has 6 heteroatoms. The van der Waals surface area contributed by atoms with E-state index < -0.39 is 16.0 Å². The topological polar surface area (TPSA) is 63.5 Å². The van der Waals surface area contributed by atoms with Crippen LogP contribution in [0.3, 0.4) is 0 Å². The second-order valence-electron chi connectivity index (χ2n) is 4.76. The molecule has 0 amide bonds. The zero-order valence-electron chi connectivity index (χ0n) is 11.6. The number of methoxy groups -OCH3 is 1. The highest BCUT2D eigenvalue weighted by Gasteiger charge is 2.51. The number of hydrogen-bond donors (Lipinski definition) is 0. The molecule has 2 rings (SSSR count). The normalized spacial score (nSPS) is 25.6. The van der Waals surface area contributed by atoms with Crippen LogP contribution in [-0.4, -0.2) is 37.9 Å². The van der Waals surface area contributed by atoms with Gasteiger partial charge in [-0.2, -0.15) is 4.31 Å². The van der Waals surface area contributed by atoms with Gasteiger partial charge in [0.05, 0.1) is 18.0 Å². The lowest BCUT2D eigenvalue weighted by Crippen LogP contribution is -2.15. The van der Waals surface area contributed by atoms with Gasteiger partial charge in [0.2, 0.25) is 10.0 Å². The minimum absolute atomic E-state index is 0.151. The van der Waals surface area contributed by atoms with Gasteiger partial charge < -0.3 is 4.74 Å². The molecule has 1 fully saturated rings. The van der Waals surface area contributed by atoms with Crippen molar-refractivity contribution in [2.24, 2.45) is 0 Å². The first kappa shape index (κ1) is 14.7. The molecule has 5 nitrogen and oxygen atoms in total. The minimum Gasteiger partial charge on any atom is -0.466 e. The van der Waals surface area contributed by atoms with Gasteiger partial charge in [0.15, 0.2) is 0 Å². The van der Waals surface area contributed by atoms with Crippen LogP contribution in [0.4, 0.5) is 0 Å². The number of aryl methyl sites for hydroxylation is 1.